The molecule has 1 saturated carbocycles. The molecular weight excluding hydrogens is 270 g/mol. The van der Waals surface area contributed by atoms with Crippen LogP contribution in [-0.2, 0) is 4.84 Å². The lowest BCUT2D eigenvalue weighted by Crippen LogP contribution is -2.02. The molecule has 4 heteroatoms. The minimum Gasteiger partial charge on any atom is -0.313 e. The largest absolute Gasteiger partial charge is 0.365 e. The molecule has 0 saturated heterocycles. The molecule has 2 rings (SSSR count). The van der Waals surface area contributed by atoms with E-state index in [0.717, 1.165) is 35.9 Å². The summed E-state index contributed by atoms with van der Waals surface area (Å²) < 4.78 is 0.936. The summed E-state index contributed by atoms with van der Waals surface area (Å²) >= 11 is 3.31. The van der Waals surface area contributed by atoms with Crippen LogP contribution in [0.1, 0.15) is 36.0 Å². The first-order valence-electron chi connectivity index (χ1n) is 5.28. The zero-order chi connectivity index (χ0) is 11.4. The van der Waals surface area contributed by atoms with Crippen molar-refractivity contribution in [1.29, 1.82) is 0 Å². The molecule has 0 aliphatic heterocycles. The third-order valence-electron chi connectivity index (χ3n) is 2.52. The molecule has 0 spiro atoms. The summed E-state index contributed by atoms with van der Waals surface area (Å²) in [5.41, 5.74) is 1.51. The van der Waals surface area contributed by atoms with Crippen molar-refractivity contribution in [1.82, 2.24) is 0 Å². The van der Waals surface area contributed by atoms with Gasteiger partial charge >= 0.3 is 5.97 Å². The van der Waals surface area contributed by atoms with Crippen molar-refractivity contribution in [3.63, 3.8) is 0 Å². The van der Waals surface area contributed by atoms with E-state index in [4.69, 9.17) is 4.84 Å². The minimum absolute atomic E-state index is 0.396. The van der Waals surface area contributed by atoms with Crippen molar-refractivity contribution < 1.29 is 9.63 Å². The monoisotopic (exact) mass is 281 g/mol. The van der Waals surface area contributed by atoms with E-state index in [1.54, 1.807) is 24.3 Å². The molecule has 1 aromatic rings. The first kappa shape index (κ1) is 11.3. The smallest absolute Gasteiger partial charge is 0.313 e. The summed E-state index contributed by atoms with van der Waals surface area (Å²) in [7, 11) is 0. The number of hydrogen-bond donors (Lipinski definition) is 0. The molecule has 1 aliphatic rings. The maximum absolute atomic E-state index is 11.6. The van der Waals surface area contributed by atoms with E-state index in [1.165, 1.54) is 0 Å². The molecular formula is C12H12BrNO2. The van der Waals surface area contributed by atoms with Crippen LogP contribution in [0, 0.1) is 0 Å². The highest BCUT2D eigenvalue weighted by Crippen LogP contribution is 2.15. The van der Waals surface area contributed by atoms with Gasteiger partial charge in [-0.15, -0.1) is 0 Å². The average Bonchev–Trinajstić information content (AvgIpc) is 2.80. The lowest BCUT2D eigenvalue weighted by Gasteiger charge is -1.99. The van der Waals surface area contributed by atoms with Crippen molar-refractivity contribution in [3.05, 3.63) is 34.3 Å². The second-order valence-corrected chi connectivity index (χ2v) is 4.67. The van der Waals surface area contributed by atoms with Crippen molar-refractivity contribution in [2.24, 2.45) is 5.16 Å². The topological polar surface area (TPSA) is 38.7 Å². The van der Waals surface area contributed by atoms with E-state index in [0.29, 0.717) is 5.56 Å². The Bertz CT molecular complexity index is 404. The summed E-state index contributed by atoms with van der Waals surface area (Å²) in [5, 5.41) is 3.88. The lowest BCUT2D eigenvalue weighted by molar-refractivity contribution is 0.0515. The molecule has 0 N–H and O–H groups in total. The fourth-order valence-electron chi connectivity index (χ4n) is 1.62. The number of benzene rings is 1. The molecule has 84 valence electrons. The first-order chi connectivity index (χ1) is 7.75. The molecule has 16 heavy (non-hydrogen) atoms. The quantitative estimate of drug-likeness (QED) is 0.614. The number of hydrogen-bond acceptors (Lipinski definition) is 3. The third-order valence-corrected chi connectivity index (χ3v) is 3.05. The number of nitrogens with zero attached hydrogens (tertiary/aromatic N) is 1. The predicted octanol–water partition coefficient (Wildman–Crippen LogP) is 3.54. The van der Waals surface area contributed by atoms with Crippen LogP contribution in [0.3, 0.4) is 0 Å². The van der Waals surface area contributed by atoms with Gasteiger partial charge in [0.05, 0.1) is 11.3 Å². The number of rotatable bonds is 2. The Hall–Kier alpha value is -1.16. The van der Waals surface area contributed by atoms with Crippen LogP contribution < -0.4 is 0 Å². The Balaban J connectivity index is 1.97. The van der Waals surface area contributed by atoms with Gasteiger partial charge in [-0.05, 0) is 49.9 Å². The van der Waals surface area contributed by atoms with Crippen molar-refractivity contribution in [2.45, 2.75) is 25.7 Å². The number of oxime groups is 1. The first-order valence-corrected chi connectivity index (χ1v) is 6.07. The Labute approximate surface area is 103 Å². The van der Waals surface area contributed by atoms with Gasteiger partial charge in [-0.25, -0.2) is 4.79 Å². The van der Waals surface area contributed by atoms with E-state index in [2.05, 4.69) is 21.1 Å². The van der Waals surface area contributed by atoms with Gasteiger partial charge in [-0.3, -0.25) is 0 Å². The van der Waals surface area contributed by atoms with E-state index < -0.39 is 5.97 Å². The van der Waals surface area contributed by atoms with E-state index in [9.17, 15) is 4.79 Å². The van der Waals surface area contributed by atoms with Crippen LogP contribution in [0.2, 0.25) is 0 Å². The van der Waals surface area contributed by atoms with Gasteiger partial charge in [0.25, 0.3) is 0 Å². The molecule has 1 aromatic carbocycles. The van der Waals surface area contributed by atoms with Gasteiger partial charge in [0.2, 0.25) is 0 Å². The summed E-state index contributed by atoms with van der Waals surface area (Å²) in [6, 6.07) is 7.03. The molecule has 3 nitrogen and oxygen atoms in total. The third kappa shape index (κ3) is 2.92. The average molecular weight is 282 g/mol. The molecule has 0 radical (unpaired) electrons. The highest BCUT2D eigenvalue weighted by molar-refractivity contribution is 9.10. The fourth-order valence-corrected chi connectivity index (χ4v) is 1.88. The minimum atomic E-state index is -0.396. The van der Waals surface area contributed by atoms with Gasteiger partial charge in [-0.2, -0.15) is 0 Å². The zero-order valence-electron chi connectivity index (χ0n) is 8.78. The maximum atomic E-state index is 11.6. The van der Waals surface area contributed by atoms with Crippen LogP contribution in [0.5, 0.6) is 0 Å². The second kappa shape index (κ2) is 5.25. The van der Waals surface area contributed by atoms with Crippen LogP contribution in [0.15, 0.2) is 33.9 Å². The molecule has 0 heterocycles. The van der Waals surface area contributed by atoms with Gasteiger partial charge in [-0.1, -0.05) is 21.1 Å². The Morgan fingerprint density at radius 2 is 1.81 bits per heavy atom. The zero-order valence-corrected chi connectivity index (χ0v) is 10.4. The van der Waals surface area contributed by atoms with Gasteiger partial charge in [0, 0.05) is 4.47 Å². The van der Waals surface area contributed by atoms with Crippen LogP contribution in [0.25, 0.3) is 0 Å². The van der Waals surface area contributed by atoms with Gasteiger partial charge in [0.15, 0.2) is 0 Å². The summed E-state index contributed by atoms with van der Waals surface area (Å²) in [6.45, 7) is 0. The number of halogens is 1. The second-order valence-electron chi connectivity index (χ2n) is 3.75. The van der Waals surface area contributed by atoms with Crippen molar-refractivity contribution >= 4 is 27.6 Å². The molecule has 0 unspecified atom stereocenters. The molecule has 1 fully saturated rings. The lowest BCUT2D eigenvalue weighted by atomic mass is 10.2. The fraction of sp³-hybridized carbons (Fsp3) is 0.333. The van der Waals surface area contributed by atoms with Gasteiger partial charge < -0.3 is 4.84 Å². The molecule has 0 amide bonds. The molecule has 0 atom stereocenters. The molecule has 0 aromatic heterocycles. The summed E-state index contributed by atoms with van der Waals surface area (Å²) in [5.74, 6) is -0.396. The van der Waals surface area contributed by atoms with E-state index >= 15 is 0 Å². The van der Waals surface area contributed by atoms with Gasteiger partial charge in [0.1, 0.15) is 0 Å². The van der Waals surface area contributed by atoms with E-state index in [-0.39, 0.29) is 0 Å². The van der Waals surface area contributed by atoms with Crippen molar-refractivity contribution in [3.8, 4) is 0 Å². The normalized spacial score (nSPS) is 14.9. The SMILES string of the molecule is O=C(ON=C1CCCC1)c1ccc(Br)cc1. The van der Waals surface area contributed by atoms with Crippen LogP contribution in [-0.4, -0.2) is 11.7 Å². The van der Waals surface area contributed by atoms with E-state index in [1.807, 2.05) is 0 Å². The summed E-state index contributed by atoms with van der Waals surface area (Å²) in [6.07, 6.45) is 4.20. The number of carbonyl (C=O) groups is 1. The summed E-state index contributed by atoms with van der Waals surface area (Å²) in [4.78, 5) is 16.5. The number of carbonyl (C=O) groups excluding carboxylic acids is 1. The maximum Gasteiger partial charge on any atom is 0.365 e. The van der Waals surface area contributed by atoms with Crippen LogP contribution >= 0.6 is 15.9 Å². The predicted molar refractivity (Wildman–Crippen MR) is 65.5 cm³/mol. The highest BCUT2D eigenvalue weighted by atomic mass is 79.9. The molecule has 1 aliphatic carbocycles. The standard InChI is InChI=1S/C12H12BrNO2/c13-10-7-5-9(6-8-10)12(15)16-14-11-3-1-2-4-11/h5-8H,1-4H2. The Kier molecular flexibility index (Phi) is 3.72. The molecule has 0 bridgehead atoms. The highest BCUT2D eigenvalue weighted by Gasteiger charge is 2.11. The van der Waals surface area contributed by atoms with Crippen LogP contribution in [0.4, 0.5) is 0 Å². The Morgan fingerprint density at radius 3 is 2.44 bits per heavy atom. The Morgan fingerprint density at radius 1 is 1.19 bits per heavy atom. The van der Waals surface area contributed by atoms with Crippen molar-refractivity contribution in [2.75, 3.05) is 0 Å².